The van der Waals surface area contributed by atoms with Gasteiger partial charge in [-0.1, -0.05) is 12.1 Å². The minimum Gasteiger partial charge on any atom is -1.00 e. The summed E-state index contributed by atoms with van der Waals surface area (Å²) in [6.07, 6.45) is -0.536. The molecule has 1 atom stereocenters. The third-order valence-electron chi connectivity index (χ3n) is 1.92. The molecule has 0 fully saturated rings. The summed E-state index contributed by atoms with van der Waals surface area (Å²) in [4.78, 5) is 10.6. The van der Waals surface area contributed by atoms with Crippen molar-refractivity contribution in [1.82, 2.24) is 0 Å². The maximum absolute atomic E-state index is 10.6. The monoisotopic (exact) mass is 286 g/mol. The zero-order chi connectivity index (χ0) is 10.6. The van der Waals surface area contributed by atoms with Gasteiger partial charge in [-0.05, 0) is 17.7 Å². The van der Waals surface area contributed by atoms with E-state index in [2.05, 4.69) is 0 Å². The van der Waals surface area contributed by atoms with Crippen LogP contribution < -0.4 is 0 Å². The van der Waals surface area contributed by atoms with Gasteiger partial charge in [0.15, 0.2) is 6.10 Å². The summed E-state index contributed by atoms with van der Waals surface area (Å²) in [5.74, 6) is -0.821. The normalized spacial score (nSPS) is 11.5. The van der Waals surface area contributed by atoms with Gasteiger partial charge in [0, 0.05) is 13.5 Å². The maximum Gasteiger partial charge on any atom is 2.00 e. The molecule has 0 heterocycles. The Morgan fingerprint density at radius 3 is 2.40 bits per heavy atom. The Hall–Kier alpha value is -0.0695. The van der Waals surface area contributed by atoms with Crippen molar-refractivity contribution < 1.29 is 22.6 Å². The molecule has 0 bridgehead atoms. The predicted octanol–water partition coefficient (Wildman–Crippen LogP) is 0.879. The topological polar surface area (TPSA) is 66.8 Å². The molecule has 0 aliphatic rings. The van der Waals surface area contributed by atoms with E-state index in [-0.39, 0.29) is 54.1 Å². The van der Waals surface area contributed by atoms with Gasteiger partial charge >= 0.3 is 51.5 Å². The SMILES string of the molecule is COC(Cc1ccc(O)cc1)C(=O)O.[H-].[H-].[Sr+2]. The number of aromatic hydroxyl groups is 1. The van der Waals surface area contributed by atoms with Crippen LogP contribution in [0, 0.1) is 0 Å². The largest absolute Gasteiger partial charge is 2.00 e. The molecule has 0 saturated carbocycles. The van der Waals surface area contributed by atoms with E-state index in [9.17, 15) is 4.79 Å². The Labute approximate surface area is 128 Å². The minimum absolute atomic E-state index is 0. The van der Waals surface area contributed by atoms with Crippen molar-refractivity contribution in [3.05, 3.63) is 29.8 Å². The Morgan fingerprint density at radius 2 is 2.00 bits per heavy atom. The van der Waals surface area contributed by atoms with Crippen molar-refractivity contribution in [2.45, 2.75) is 12.5 Å². The smallest absolute Gasteiger partial charge is 1.00 e. The fraction of sp³-hybridized carbons (Fsp3) is 0.300. The Kier molecular flexibility index (Phi) is 7.21. The van der Waals surface area contributed by atoms with Crippen molar-refractivity contribution >= 4 is 51.5 Å². The molecular weight excluding hydrogens is 272 g/mol. The van der Waals surface area contributed by atoms with Crippen LogP contribution in [0.15, 0.2) is 24.3 Å². The number of methoxy groups -OCH3 is 1. The van der Waals surface area contributed by atoms with Crippen LogP contribution in [-0.4, -0.2) is 74.9 Å². The van der Waals surface area contributed by atoms with Crippen molar-refractivity contribution in [3.8, 4) is 5.75 Å². The van der Waals surface area contributed by atoms with Gasteiger partial charge in [0.2, 0.25) is 0 Å². The van der Waals surface area contributed by atoms with Crippen LogP contribution >= 0.6 is 0 Å². The van der Waals surface area contributed by atoms with E-state index in [1.807, 2.05) is 0 Å². The third-order valence-corrected chi connectivity index (χ3v) is 1.92. The average molecular weight is 286 g/mol. The number of rotatable bonds is 4. The summed E-state index contributed by atoms with van der Waals surface area (Å²) in [7, 11) is 1.36. The molecule has 2 N–H and O–H groups in total. The molecule has 1 unspecified atom stereocenters. The van der Waals surface area contributed by atoms with Gasteiger partial charge in [-0.25, -0.2) is 4.79 Å². The Morgan fingerprint density at radius 1 is 1.47 bits per heavy atom. The number of ether oxygens (including phenoxy) is 1. The summed E-state index contributed by atoms with van der Waals surface area (Å²) in [6, 6.07) is 6.38. The van der Waals surface area contributed by atoms with Gasteiger partial charge in [0.25, 0.3) is 0 Å². The second-order valence-electron chi connectivity index (χ2n) is 2.93. The molecule has 0 radical (unpaired) electrons. The van der Waals surface area contributed by atoms with Gasteiger partial charge in [-0.2, -0.15) is 0 Å². The summed E-state index contributed by atoms with van der Waals surface area (Å²) in [5, 5.41) is 17.7. The molecule has 5 heteroatoms. The number of carbonyl (C=O) groups is 1. The second-order valence-corrected chi connectivity index (χ2v) is 2.93. The zero-order valence-corrected chi connectivity index (χ0v) is 12.0. The Bertz CT molecular complexity index is 319. The van der Waals surface area contributed by atoms with Crippen LogP contribution in [0.3, 0.4) is 0 Å². The molecule has 0 saturated heterocycles. The van der Waals surface area contributed by atoms with Crippen LogP contribution in [0.1, 0.15) is 8.42 Å². The maximum atomic E-state index is 10.6. The molecule has 0 aliphatic heterocycles. The van der Waals surface area contributed by atoms with Gasteiger partial charge in [-0.3, -0.25) is 0 Å². The molecule has 0 aromatic heterocycles. The van der Waals surface area contributed by atoms with E-state index >= 15 is 0 Å². The van der Waals surface area contributed by atoms with Crippen molar-refractivity contribution in [2.75, 3.05) is 7.11 Å². The first-order chi connectivity index (χ1) is 6.63. The predicted molar refractivity (Wildman–Crippen MR) is 58.2 cm³/mol. The number of phenolic OH excluding ortho intramolecular Hbond substituents is 1. The average Bonchev–Trinajstić information content (AvgIpc) is 2.16. The molecule has 80 valence electrons. The van der Waals surface area contributed by atoms with Crippen LogP contribution in [-0.2, 0) is 16.0 Å². The van der Waals surface area contributed by atoms with Gasteiger partial charge < -0.3 is 17.8 Å². The first kappa shape index (κ1) is 14.9. The molecule has 0 amide bonds. The van der Waals surface area contributed by atoms with Gasteiger partial charge in [0.05, 0.1) is 0 Å². The number of hydrogen-bond acceptors (Lipinski definition) is 3. The zero-order valence-electron chi connectivity index (χ0n) is 10.5. The van der Waals surface area contributed by atoms with Crippen LogP contribution in [0.5, 0.6) is 5.75 Å². The third kappa shape index (κ3) is 4.99. The molecule has 4 nitrogen and oxygen atoms in total. The van der Waals surface area contributed by atoms with Gasteiger partial charge in [0.1, 0.15) is 5.75 Å². The van der Waals surface area contributed by atoms with E-state index in [0.29, 0.717) is 6.42 Å². The Balaban J connectivity index is -0.000000653. The van der Waals surface area contributed by atoms with E-state index in [1.165, 1.54) is 19.2 Å². The van der Waals surface area contributed by atoms with Crippen molar-refractivity contribution in [3.63, 3.8) is 0 Å². The van der Waals surface area contributed by atoms with Gasteiger partial charge in [-0.15, -0.1) is 0 Å². The summed E-state index contributed by atoms with van der Waals surface area (Å²) >= 11 is 0. The molecule has 1 aromatic rings. The number of phenols is 1. The van der Waals surface area contributed by atoms with E-state index in [0.717, 1.165) is 5.56 Å². The number of carboxylic acids is 1. The van der Waals surface area contributed by atoms with E-state index in [4.69, 9.17) is 14.9 Å². The molecule has 1 aromatic carbocycles. The van der Waals surface area contributed by atoms with Crippen molar-refractivity contribution in [1.29, 1.82) is 0 Å². The number of benzene rings is 1. The van der Waals surface area contributed by atoms with E-state index in [1.54, 1.807) is 12.1 Å². The molecule has 0 spiro atoms. The molecule has 1 rings (SSSR count). The molecular formula is C10H14O4Sr. The fourth-order valence-corrected chi connectivity index (χ4v) is 1.12. The second kappa shape index (κ2) is 7.24. The number of carboxylic acid groups (broad SMARTS) is 1. The molecule has 15 heavy (non-hydrogen) atoms. The summed E-state index contributed by atoms with van der Waals surface area (Å²) < 4.78 is 4.78. The summed E-state index contributed by atoms with van der Waals surface area (Å²) in [5.41, 5.74) is 0.817. The first-order valence-corrected chi connectivity index (χ1v) is 4.17. The quantitative estimate of drug-likeness (QED) is 0.806. The van der Waals surface area contributed by atoms with Crippen molar-refractivity contribution in [2.24, 2.45) is 0 Å². The number of aliphatic carboxylic acids is 1. The minimum atomic E-state index is -0.986. The fourth-order valence-electron chi connectivity index (χ4n) is 1.12. The van der Waals surface area contributed by atoms with Crippen LogP contribution in [0.4, 0.5) is 0 Å². The van der Waals surface area contributed by atoms with Crippen LogP contribution in [0.25, 0.3) is 0 Å². The number of hydrogen-bond donors (Lipinski definition) is 2. The standard InChI is InChI=1S/C10H12O4.Sr.2H/c1-14-9(10(12)13)6-7-2-4-8(11)5-3-7;;;/h2-5,9,11H,6H2,1H3,(H,12,13);;;/q;+2;2*-1. The molecule has 0 aliphatic carbocycles. The van der Waals surface area contributed by atoms with Crippen LogP contribution in [0.2, 0.25) is 0 Å². The first-order valence-electron chi connectivity index (χ1n) is 4.17. The van der Waals surface area contributed by atoms with E-state index < -0.39 is 12.1 Å². The summed E-state index contributed by atoms with van der Waals surface area (Å²) in [6.45, 7) is 0.